The molecule has 0 aliphatic heterocycles. The second-order valence-corrected chi connectivity index (χ2v) is 3.71. The molecule has 3 nitrogen and oxygen atoms in total. The molecule has 1 aromatic carbocycles. The molecule has 1 aromatic rings. The van der Waals surface area contributed by atoms with Crippen LogP contribution in [-0.2, 0) is 4.79 Å². The lowest BCUT2D eigenvalue weighted by Crippen LogP contribution is -2.30. The molecular formula is C11H14N2O. The topological polar surface area (TPSA) is 55.1 Å². The number of benzene rings is 1. The third-order valence-electron chi connectivity index (χ3n) is 2.56. The number of nitrogens with one attached hydrogen (secondary N) is 1. The first-order valence-electron chi connectivity index (χ1n) is 4.84. The fraction of sp³-hybridized carbons (Fsp3) is 0.364. The third kappa shape index (κ3) is 2.12. The van der Waals surface area contributed by atoms with E-state index in [0.29, 0.717) is 12.0 Å². The second kappa shape index (κ2) is 3.80. The van der Waals surface area contributed by atoms with Crippen LogP contribution in [-0.4, -0.2) is 18.5 Å². The largest absolute Gasteiger partial charge is 0.369 e. The van der Waals surface area contributed by atoms with Gasteiger partial charge in [0.05, 0.1) is 6.54 Å². The van der Waals surface area contributed by atoms with Gasteiger partial charge in [0.1, 0.15) is 0 Å². The van der Waals surface area contributed by atoms with Crippen LogP contribution in [0.3, 0.4) is 0 Å². The van der Waals surface area contributed by atoms with Crippen LogP contribution in [0, 0.1) is 0 Å². The van der Waals surface area contributed by atoms with Crippen LogP contribution < -0.4 is 11.1 Å². The van der Waals surface area contributed by atoms with Crippen LogP contribution in [0.2, 0.25) is 0 Å². The van der Waals surface area contributed by atoms with E-state index >= 15 is 0 Å². The Kier molecular flexibility index (Phi) is 2.50. The van der Waals surface area contributed by atoms with Gasteiger partial charge in [-0.3, -0.25) is 4.79 Å². The molecule has 1 saturated carbocycles. The van der Waals surface area contributed by atoms with Crippen molar-refractivity contribution in [2.45, 2.75) is 18.4 Å². The van der Waals surface area contributed by atoms with Crippen LogP contribution in [0.5, 0.6) is 0 Å². The highest BCUT2D eigenvalue weighted by atomic mass is 16.1. The third-order valence-corrected chi connectivity index (χ3v) is 2.56. The van der Waals surface area contributed by atoms with Crippen molar-refractivity contribution in [1.29, 1.82) is 0 Å². The lowest BCUT2D eigenvalue weighted by atomic mass is 10.1. The van der Waals surface area contributed by atoms with Crippen LogP contribution in [0.4, 0.5) is 0 Å². The van der Waals surface area contributed by atoms with E-state index in [-0.39, 0.29) is 12.5 Å². The number of carbonyl (C=O) groups is 1. The van der Waals surface area contributed by atoms with E-state index in [0.717, 1.165) is 6.42 Å². The summed E-state index contributed by atoms with van der Waals surface area (Å²) in [5.74, 6) is 0.277. The number of amides is 1. The highest BCUT2D eigenvalue weighted by molar-refractivity contribution is 5.76. The quantitative estimate of drug-likeness (QED) is 0.731. The van der Waals surface area contributed by atoms with Gasteiger partial charge in [-0.1, -0.05) is 30.3 Å². The summed E-state index contributed by atoms with van der Waals surface area (Å²) in [6, 6.07) is 10.8. The van der Waals surface area contributed by atoms with Crippen molar-refractivity contribution in [3.63, 3.8) is 0 Å². The Balaban J connectivity index is 1.85. The summed E-state index contributed by atoms with van der Waals surface area (Å²) >= 11 is 0. The van der Waals surface area contributed by atoms with Crippen molar-refractivity contribution in [3.05, 3.63) is 35.9 Å². The summed E-state index contributed by atoms with van der Waals surface area (Å²) in [6.45, 7) is 0.286. The van der Waals surface area contributed by atoms with Crippen LogP contribution in [0.1, 0.15) is 17.9 Å². The molecule has 3 N–H and O–H groups in total. The first-order valence-corrected chi connectivity index (χ1v) is 4.84. The zero-order chi connectivity index (χ0) is 9.97. The lowest BCUT2D eigenvalue weighted by Gasteiger charge is -2.01. The molecule has 74 valence electrons. The van der Waals surface area contributed by atoms with E-state index in [9.17, 15) is 4.79 Å². The molecule has 0 saturated heterocycles. The molecule has 0 radical (unpaired) electrons. The van der Waals surface area contributed by atoms with Crippen molar-refractivity contribution in [3.8, 4) is 0 Å². The summed E-state index contributed by atoms with van der Waals surface area (Å²) in [5.41, 5.74) is 6.39. The van der Waals surface area contributed by atoms with Crippen LogP contribution in [0.15, 0.2) is 30.3 Å². The molecule has 1 aliphatic carbocycles. The van der Waals surface area contributed by atoms with Gasteiger partial charge in [0, 0.05) is 12.0 Å². The maximum Gasteiger partial charge on any atom is 0.231 e. The van der Waals surface area contributed by atoms with Gasteiger partial charge in [0.25, 0.3) is 0 Å². The Labute approximate surface area is 83.3 Å². The predicted molar refractivity (Wildman–Crippen MR) is 54.8 cm³/mol. The van der Waals surface area contributed by atoms with E-state index in [1.54, 1.807) is 0 Å². The Morgan fingerprint density at radius 1 is 1.43 bits per heavy atom. The van der Waals surface area contributed by atoms with Gasteiger partial charge in [0.15, 0.2) is 0 Å². The average Bonchev–Trinajstić information content (AvgIpc) is 2.95. The van der Waals surface area contributed by atoms with E-state index in [2.05, 4.69) is 17.4 Å². The monoisotopic (exact) mass is 190 g/mol. The van der Waals surface area contributed by atoms with Gasteiger partial charge >= 0.3 is 0 Å². The molecule has 2 atom stereocenters. The van der Waals surface area contributed by atoms with E-state index in [1.807, 2.05) is 18.2 Å². The van der Waals surface area contributed by atoms with Gasteiger partial charge in [0.2, 0.25) is 5.91 Å². The van der Waals surface area contributed by atoms with E-state index in [4.69, 9.17) is 5.73 Å². The SMILES string of the molecule is NC(=O)CN[C@H]1C[C@@H]1c1ccccc1. The summed E-state index contributed by atoms with van der Waals surface area (Å²) in [4.78, 5) is 10.5. The smallest absolute Gasteiger partial charge is 0.231 e. The van der Waals surface area contributed by atoms with E-state index in [1.165, 1.54) is 5.56 Å². The average molecular weight is 190 g/mol. The fourth-order valence-corrected chi connectivity index (χ4v) is 1.72. The predicted octanol–water partition coefficient (Wildman–Crippen LogP) is 0.617. The van der Waals surface area contributed by atoms with Crippen molar-refractivity contribution >= 4 is 5.91 Å². The van der Waals surface area contributed by atoms with Gasteiger partial charge in [-0.05, 0) is 12.0 Å². The zero-order valence-electron chi connectivity index (χ0n) is 7.94. The van der Waals surface area contributed by atoms with Crippen molar-refractivity contribution in [2.24, 2.45) is 5.73 Å². The molecule has 0 spiro atoms. The van der Waals surface area contributed by atoms with E-state index < -0.39 is 0 Å². The molecule has 0 bridgehead atoms. The summed E-state index contributed by atoms with van der Waals surface area (Å²) < 4.78 is 0. The zero-order valence-corrected chi connectivity index (χ0v) is 7.94. The van der Waals surface area contributed by atoms with Gasteiger partial charge in [-0.15, -0.1) is 0 Å². The number of primary amides is 1. The first-order chi connectivity index (χ1) is 6.77. The van der Waals surface area contributed by atoms with Crippen molar-refractivity contribution in [2.75, 3.05) is 6.54 Å². The minimum Gasteiger partial charge on any atom is -0.369 e. The fourth-order valence-electron chi connectivity index (χ4n) is 1.72. The summed E-state index contributed by atoms with van der Waals surface area (Å²) in [7, 11) is 0. The maximum absolute atomic E-state index is 10.5. The van der Waals surface area contributed by atoms with Crippen molar-refractivity contribution < 1.29 is 4.79 Å². The second-order valence-electron chi connectivity index (χ2n) is 3.71. The minimum absolute atomic E-state index is 0.286. The molecule has 0 heterocycles. The number of hydrogen-bond acceptors (Lipinski definition) is 2. The molecule has 1 fully saturated rings. The Hall–Kier alpha value is -1.35. The summed E-state index contributed by atoms with van der Waals surface area (Å²) in [5, 5.41) is 3.13. The molecule has 0 aromatic heterocycles. The van der Waals surface area contributed by atoms with Crippen LogP contribution in [0.25, 0.3) is 0 Å². The Morgan fingerprint density at radius 2 is 2.14 bits per heavy atom. The van der Waals surface area contributed by atoms with Crippen molar-refractivity contribution in [1.82, 2.24) is 5.32 Å². The molecule has 14 heavy (non-hydrogen) atoms. The Morgan fingerprint density at radius 3 is 2.79 bits per heavy atom. The van der Waals surface area contributed by atoms with Crippen LogP contribution >= 0.6 is 0 Å². The van der Waals surface area contributed by atoms with Gasteiger partial charge in [-0.25, -0.2) is 0 Å². The highest BCUT2D eigenvalue weighted by Crippen LogP contribution is 2.40. The number of carbonyl (C=O) groups excluding carboxylic acids is 1. The molecule has 1 amide bonds. The summed E-state index contributed by atoms with van der Waals surface area (Å²) in [6.07, 6.45) is 1.11. The lowest BCUT2D eigenvalue weighted by molar-refractivity contribution is -0.117. The first kappa shape index (κ1) is 9.21. The minimum atomic E-state index is -0.288. The molecule has 0 unspecified atom stereocenters. The molecule has 1 aliphatic rings. The standard InChI is InChI=1S/C11H14N2O/c12-11(14)7-13-10-6-9(10)8-4-2-1-3-5-8/h1-5,9-10,13H,6-7H2,(H2,12,14)/t9-,10+/m1/s1. The normalized spacial score (nSPS) is 24.6. The number of hydrogen-bond donors (Lipinski definition) is 2. The Bertz CT molecular complexity index is 323. The maximum atomic E-state index is 10.5. The highest BCUT2D eigenvalue weighted by Gasteiger charge is 2.37. The number of nitrogens with two attached hydrogens (primary N) is 1. The molecule has 2 rings (SSSR count). The molecule has 3 heteroatoms. The molecular weight excluding hydrogens is 176 g/mol. The van der Waals surface area contributed by atoms with Gasteiger partial charge < -0.3 is 11.1 Å². The number of rotatable bonds is 4. The van der Waals surface area contributed by atoms with Gasteiger partial charge in [-0.2, -0.15) is 0 Å².